The topological polar surface area (TPSA) is 41.1 Å². The van der Waals surface area contributed by atoms with Crippen LogP contribution in [0.3, 0.4) is 0 Å². The van der Waals surface area contributed by atoms with Gasteiger partial charge < -0.3 is 10.6 Å². The van der Waals surface area contributed by atoms with Crippen LogP contribution in [0.4, 0.5) is 10.1 Å². The standard InChI is InChI=1S/C13H15Cl2FN2O/c1-13(2-4-17-5-3-13)12(19)18-8-6-9(14)11(16)10(15)7-8/h6-7,17H,2-5H2,1H3,(H,18,19). The Kier molecular flexibility index (Phi) is 4.33. The normalized spacial score (nSPS) is 18.1. The molecule has 0 unspecified atom stereocenters. The Hall–Kier alpha value is -0.840. The third kappa shape index (κ3) is 3.19. The minimum atomic E-state index is -0.672. The fraction of sp³-hybridized carbons (Fsp3) is 0.462. The van der Waals surface area contributed by atoms with Gasteiger partial charge in [0.2, 0.25) is 5.91 Å². The first-order chi connectivity index (χ1) is 8.92. The predicted molar refractivity (Wildman–Crippen MR) is 75.3 cm³/mol. The molecule has 0 aromatic heterocycles. The van der Waals surface area contributed by atoms with Gasteiger partial charge in [0.05, 0.1) is 10.0 Å². The Bertz CT molecular complexity index is 478. The summed E-state index contributed by atoms with van der Waals surface area (Å²) >= 11 is 11.4. The van der Waals surface area contributed by atoms with E-state index in [0.717, 1.165) is 25.9 Å². The molecule has 3 nitrogen and oxygen atoms in total. The van der Waals surface area contributed by atoms with Crippen molar-refractivity contribution in [3.63, 3.8) is 0 Å². The van der Waals surface area contributed by atoms with E-state index in [2.05, 4.69) is 10.6 Å². The quantitative estimate of drug-likeness (QED) is 0.822. The van der Waals surface area contributed by atoms with Crippen LogP contribution in [0.15, 0.2) is 12.1 Å². The van der Waals surface area contributed by atoms with Crippen molar-refractivity contribution in [1.29, 1.82) is 0 Å². The summed E-state index contributed by atoms with van der Waals surface area (Å²) in [4.78, 5) is 12.3. The Labute approximate surface area is 121 Å². The van der Waals surface area contributed by atoms with Crippen LogP contribution in [0.2, 0.25) is 10.0 Å². The zero-order valence-electron chi connectivity index (χ0n) is 10.5. The monoisotopic (exact) mass is 304 g/mol. The SMILES string of the molecule is CC1(C(=O)Nc2cc(Cl)c(F)c(Cl)c2)CCNCC1. The maximum Gasteiger partial charge on any atom is 0.230 e. The van der Waals surface area contributed by atoms with E-state index < -0.39 is 11.2 Å². The zero-order valence-corrected chi connectivity index (χ0v) is 12.0. The molecule has 19 heavy (non-hydrogen) atoms. The van der Waals surface area contributed by atoms with Crippen molar-refractivity contribution in [3.05, 3.63) is 28.0 Å². The van der Waals surface area contributed by atoms with Crippen LogP contribution in [0, 0.1) is 11.2 Å². The van der Waals surface area contributed by atoms with E-state index in [-0.39, 0.29) is 16.0 Å². The number of anilines is 1. The molecule has 1 saturated heterocycles. The highest BCUT2D eigenvalue weighted by Gasteiger charge is 2.34. The maximum absolute atomic E-state index is 13.3. The molecule has 0 atom stereocenters. The fourth-order valence-electron chi connectivity index (χ4n) is 2.12. The predicted octanol–water partition coefficient (Wildman–Crippen LogP) is 3.46. The number of halogens is 3. The first-order valence-corrected chi connectivity index (χ1v) is 6.85. The lowest BCUT2D eigenvalue weighted by atomic mass is 9.80. The molecule has 0 bridgehead atoms. The molecule has 2 rings (SSSR count). The van der Waals surface area contributed by atoms with Crippen molar-refractivity contribution in [2.75, 3.05) is 18.4 Å². The second kappa shape index (κ2) is 5.65. The van der Waals surface area contributed by atoms with Gasteiger partial charge in [-0.1, -0.05) is 30.1 Å². The van der Waals surface area contributed by atoms with Gasteiger partial charge in [0.15, 0.2) is 5.82 Å². The van der Waals surface area contributed by atoms with Crippen LogP contribution in [0.5, 0.6) is 0 Å². The van der Waals surface area contributed by atoms with Gasteiger partial charge in [0.1, 0.15) is 0 Å². The van der Waals surface area contributed by atoms with Crippen molar-refractivity contribution in [1.82, 2.24) is 5.32 Å². The summed E-state index contributed by atoms with van der Waals surface area (Å²) in [6.45, 7) is 3.56. The van der Waals surface area contributed by atoms with Crippen molar-refractivity contribution in [2.45, 2.75) is 19.8 Å². The number of piperidine rings is 1. The maximum atomic E-state index is 13.3. The molecule has 6 heteroatoms. The summed E-state index contributed by atoms with van der Waals surface area (Å²) in [5.41, 5.74) is -0.000328. The van der Waals surface area contributed by atoms with Crippen LogP contribution in [0.25, 0.3) is 0 Å². The summed E-state index contributed by atoms with van der Waals surface area (Å²) in [7, 11) is 0. The lowest BCUT2D eigenvalue weighted by Crippen LogP contribution is -2.42. The first kappa shape index (κ1) is 14.6. The van der Waals surface area contributed by atoms with Crippen LogP contribution in [-0.4, -0.2) is 19.0 Å². The molecular weight excluding hydrogens is 290 g/mol. The Balaban J connectivity index is 2.14. The smallest absolute Gasteiger partial charge is 0.230 e. The molecule has 2 N–H and O–H groups in total. The van der Waals surface area contributed by atoms with Gasteiger partial charge in [-0.15, -0.1) is 0 Å². The van der Waals surface area contributed by atoms with Gasteiger partial charge in [-0.05, 0) is 38.1 Å². The van der Waals surface area contributed by atoms with Crippen molar-refractivity contribution >= 4 is 34.8 Å². The third-order valence-corrected chi connectivity index (χ3v) is 4.05. The second-order valence-corrected chi connectivity index (χ2v) is 5.83. The molecule has 1 aliphatic rings. The van der Waals surface area contributed by atoms with Gasteiger partial charge >= 0.3 is 0 Å². The molecule has 1 amide bonds. The first-order valence-electron chi connectivity index (χ1n) is 6.09. The van der Waals surface area contributed by atoms with Crippen molar-refractivity contribution in [3.8, 4) is 0 Å². The molecule has 0 spiro atoms. The van der Waals surface area contributed by atoms with Crippen LogP contribution >= 0.6 is 23.2 Å². The average molecular weight is 305 g/mol. The number of amides is 1. The van der Waals surface area contributed by atoms with E-state index in [1.807, 2.05) is 6.92 Å². The number of nitrogens with one attached hydrogen (secondary N) is 2. The fourth-order valence-corrected chi connectivity index (χ4v) is 2.60. The summed E-state index contributed by atoms with van der Waals surface area (Å²) in [6.07, 6.45) is 1.53. The highest BCUT2D eigenvalue weighted by molar-refractivity contribution is 6.35. The Morgan fingerprint density at radius 1 is 1.32 bits per heavy atom. The molecule has 0 radical (unpaired) electrons. The van der Waals surface area contributed by atoms with Crippen LogP contribution in [-0.2, 0) is 4.79 Å². The molecule has 1 aromatic rings. The van der Waals surface area contributed by atoms with E-state index in [1.54, 1.807) is 0 Å². The second-order valence-electron chi connectivity index (χ2n) is 5.02. The van der Waals surface area contributed by atoms with Crippen molar-refractivity contribution < 1.29 is 9.18 Å². The van der Waals surface area contributed by atoms with Gasteiger partial charge in [-0.25, -0.2) is 4.39 Å². The Morgan fingerprint density at radius 3 is 2.37 bits per heavy atom. The molecule has 1 fully saturated rings. The number of carbonyl (C=O) groups is 1. The van der Waals surface area contributed by atoms with Crippen molar-refractivity contribution in [2.24, 2.45) is 5.41 Å². The Morgan fingerprint density at radius 2 is 1.84 bits per heavy atom. The molecule has 0 saturated carbocycles. The lowest BCUT2D eigenvalue weighted by Gasteiger charge is -2.32. The average Bonchev–Trinajstić information content (AvgIpc) is 2.36. The van der Waals surface area contributed by atoms with E-state index >= 15 is 0 Å². The van der Waals surface area contributed by atoms with Gasteiger partial charge in [0, 0.05) is 11.1 Å². The summed E-state index contributed by atoms with van der Waals surface area (Å²) in [5, 5.41) is 5.77. The minimum absolute atomic E-state index is 0.0901. The number of hydrogen-bond donors (Lipinski definition) is 2. The summed E-state index contributed by atoms with van der Waals surface area (Å²) in [6, 6.07) is 2.73. The number of carbonyl (C=O) groups excluding carboxylic acids is 1. The number of hydrogen-bond acceptors (Lipinski definition) is 2. The number of rotatable bonds is 2. The molecule has 1 aromatic carbocycles. The molecule has 0 aliphatic carbocycles. The molecule has 1 aliphatic heterocycles. The number of benzene rings is 1. The van der Waals surface area contributed by atoms with Gasteiger partial charge in [-0.2, -0.15) is 0 Å². The molecular formula is C13H15Cl2FN2O. The highest BCUT2D eigenvalue weighted by Crippen LogP contribution is 2.32. The molecule has 104 valence electrons. The van der Waals surface area contributed by atoms with Crippen LogP contribution in [0.1, 0.15) is 19.8 Å². The zero-order chi connectivity index (χ0) is 14.0. The third-order valence-electron chi connectivity index (χ3n) is 3.50. The van der Waals surface area contributed by atoms with E-state index in [0.29, 0.717) is 5.69 Å². The van der Waals surface area contributed by atoms with E-state index in [1.165, 1.54) is 12.1 Å². The largest absolute Gasteiger partial charge is 0.326 e. The highest BCUT2D eigenvalue weighted by atomic mass is 35.5. The summed E-state index contributed by atoms with van der Waals surface area (Å²) in [5.74, 6) is -0.762. The minimum Gasteiger partial charge on any atom is -0.326 e. The van der Waals surface area contributed by atoms with Gasteiger partial charge in [-0.3, -0.25) is 4.79 Å². The van der Waals surface area contributed by atoms with E-state index in [9.17, 15) is 9.18 Å². The summed E-state index contributed by atoms with van der Waals surface area (Å²) < 4.78 is 13.3. The molecule has 1 heterocycles. The van der Waals surface area contributed by atoms with Gasteiger partial charge in [0.25, 0.3) is 0 Å². The lowest BCUT2D eigenvalue weighted by molar-refractivity contribution is -0.126. The van der Waals surface area contributed by atoms with E-state index in [4.69, 9.17) is 23.2 Å². The van der Waals surface area contributed by atoms with Crippen LogP contribution < -0.4 is 10.6 Å².